The van der Waals surface area contributed by atoms with Crippen LogP contribution in [0.25, 0.3) is 12.2 Å². The van der Waals surface area contributed by atoms with Crippen molar-refractivity contribution in [2.24, 2.45) is 0 Å². The molecule has 4 aromatic carbocycles. The zero-order chi connectivity index (χ0) is 29.6. The highest BCUT2D eigenvalue weighted by atomic mass is 35.5. The minimum absolute atomic E-state index is 0.0532. The third kappa shape index (κ3) is 7.81. The van der Waals surface area contributed by atoms with Crippen LogP contribution >= 0.6 is 46.4 Å². The van der Waals surface area contributed by atoms with E-state index in [1.807, 2.05) is 74.5 Å². The van der Waals surface area contributed by atoms with Gasteiger partial charge >= 0.3 is 11.9 Å². The number of halogens is 4. The first-order valence-electron chi connectivity index (χ1n) is 12.4. The number of rotatable bonds is 8. The molecule has 0 aliphatic rings. The molecular formula is C33H24Cl4O4. The molecule has 0 saturated carbocycles. The summed E-state index contributed by atoms with van der Waals surface area (Å²) in [7, 11) is 0. The normalized spacial score (nSPS) is 11.7. The van der Waals surface area contributed by atoms with Gasteiger partial charge < -0.3 is 9.47 Å². The van der Waals surface area contributed by atoms with Crippen LogP contribution < -0.4 is 9.47 Å². The van der Waals surface area contributed by atoms with E-state index < -0.39 is 17.4 Å². The van der Waals surface area contributed by atoms with E-state index in [0.717, 1.165) is 22.3 Å². The van der Waals surface area contributed by atoms with Crippen LogP contribution in [-0.4, -0.2) is 11.9 Å². The number of carbonyl (C=O) groups excluding carboxylic acids is 2. The molecule has 0 radical (unpaired) electrons. The lowest BCUT2D eigenvalue weighted by atomic mass is 9.78. The molecule has 0 saturated heterocycles. The molecular weight excluding hydrogens is 602 g/mol. The lowest BCUT2D eigenvalue weighted by molar-refractivity contribution is -0.129. The number of esters is 2. The molecule has 0 heterocycles. The van der Waals surface area contributed by atoms with E-state index in [1.165, 1.54) is 12.2 Å². The Morgan fingerprint density at radius 2 is 0.902 bits per heavy atom. The monoisotopic (exact) mass is 624 g/mol. The average molecular weight is 626 g/mol. The summed E-state index contributed by atoms with van der Waals surface area (Å²) < 4.78 is 10.8. The fourth-order valence-electron chi connectivity index (χ4n) is 3.93. The van der Waals surface area contributed by atoms with Crippen LogP contribution in [0.1, 0.15) is 36.1 Å². The highest BCUT2D eigenvalue weighted by molar-refractivity contribution is 6.38. The zero-order valence-electron chi connectivity index (χ0n) is 22.0. The van der Waals surface area contributed by atoms with Crippen molar-refractivity contribution < 1.29 is 19.1 Å². The summed E-state index contributed by atoms with van der Waals surface area (Å²) in [5.74, 6) is -1.13. The van der Waals surface area contributed by atoms with E-state index in [1.54, 1.807) is 36.4 Å². The van der Waals surface area contributed by atoms with Gasteiger partial charge in [0.2, 0.25) is 0 Å². The molecule has 0 aliphatic heterocycles. The molecule has 0 aliphatic carbocycles. The fraction of sp³-hybridized carbons (Fsp3) is 0.0909. The topological polar surface area (TPSA) is 52.6 Å². The minimum Gasteiger partial charge on any atom is -0.420 e. The molecule has 0 unspecified atom stereocenters. The summed E-state index contributed by atoms with van der Waals surface area (Å²) in [6.45, 7) is 3.86. The van der Waals surface area contributed by atoms with Crippen molar-refractivity contribution in [1.82, 2.24) is 0 Å². The molecule has 4 nitrogen and oxygen atoms in total. The predicted octanol–water partition coefficient (Wildman–Crippen LogP) is 9.86. The van der Waals surface area contributed by atoms with Gasteiger partial charge in [0.1, 0.15) is 0 Å². The van der Waals surface area contributed by atoms with Crippen LogP contribution in [0.15, 0.2) is 97.1 Å². The highest BCUT2D eigenvalue weighted by Gasteiger charge is 2.28. The summed E-state index contributed by atoms with van der Waals surface area (Å²) in [6.07, 6.45) is 5.87. The highest BCUT2D eigenvalue weighted by Crippen LogP contribution is 2.44. The quantitative estimate of drug-likeness (QED) is 0.111. The third-order valence-electron chi connectivity index (χ3n) is 6.27. The molecule has 0 bridgehead atoms. The molecule has 0 N–H and O–H groups in total. The minimum atomic E-state index is -0.688. The Labute approximate surface area is 258 Å². The van der Waals surface area contributed by atoms with Crippen LogP contribution in [0.4, 0.5) is 0 Å². The summed E-state index contributed by atoms with van der Waals surface area (Å²) in [4.78, 5) is 24.8. The maximum Gasteiger partial charge on any atom is 0.336 e. The Hall–Kier alpha value is -3.54. The molecule has 0 spiro atoms. The van der Waals surface area contributed by atoms with Crippen LogP contribution in [0.2, 0.25) is 20.1 Å². The maximum atomic E-state index is 12.4. The van der Waals surface area contributed by atoms with Gasteiger partial charge in [0, 0.05) is 17.6 Å². The van der Waals surface area contributed by atoms with E-state index in [2.05, 4.69) is 0 Å². The van der Waals surface area contributed by atoms with Crippen LogP contribution in [0.5, 0.6) is 11.5 Å². The Morgan fingerprint density at radius 3 is 1.22 bits per heavy atom. The summed E-state index contributed by atoms with van der Waals surface area (Å²) >= 11 is 26.0. The van der Waals surface area contributed by atoms with Crippen LogP contribution in [-0.2, 0) is 15.0 Å². The van der Waals surface area contributed by atoms with Gasteiger partial charge in [-0.15, -0.1) is 0 Å². The summed E-state index contributed by atoms with van der Waals surface area (Å²) in [5, 5.41) is 0.648. The number of hydrogen-bond acceptors (Lipinski definition) is 4. The Morgan fingerprint density at radius 1 is 0.585 bits per heavy atom. The standard InChI is InChI=1S/C33H24Cl4O4/c1-33(2,23-17-25(34)31(26(35)18-23)40-29(38)15-13-21-9-5-3-6-10-21)24-19-27(36)32(28(37)20-24)41-30(39)16-14-22-11-7-4-8-12-22/h3-20H,1-2H3/b15-13+,16-14+. The SMILES string of the molecule is CC(C)(c1cc(Cl)c(OC(=O)/C=C/c2ccccc2)c(Cl)c1)c1cc(Cl)c(OC(=O)/C=C/c2ccccc2)c(Cl)c1. The lowest BCUT2D eigenvalue weighted by Crippen LogP contribution is -2.19. The van der Waals surface area contributed by atoms with Crippen LogP contribution in [0.3, 0.4) is 0 Å². The van der Waals surface area contributed by atoms with Crippen molar-refractivity contribution in [3.63, 3.8) is 0 Å². The molecule has 0 amide bonds. The third-order valence-corrected chi connectivity index (χ3v) is 7.39. The van der Waals surface area contributed by atoms with Gasteiger partial charge in [0.25, 0.3) is 0 Å². The molecule has 8 heteroatoms. The summed E-state index contributed by atoms with van der Waals surface area (Å²) in [5.41, 5.74) is 2.44. The second kappa shape index (κ2) is 13.4. The first-order valence-corrected chi connectivity index (χ1v) is 13.9. The first kappa shape index (κ1) is 30.4. The average Bonchev–Trinajstić information content (AvgIpc) is 2.95. The Bertz CT molecular complexity index is 1460. The van der Waals surface area contributed by atoms with Crippen molar-refractivity contribution >= 4 is 70.5 Å². The second-order valence-electron chi connectivity index (χ2n) is 9.49. The van der Waals surface area contributed by atoms with E-state index >= 15 is 0 Å². The van der Waals surface area contributed by atoms with Gasteiger partial charge in [0.05, 0.1) is 20.1 Å². The smallest absolute Gasteiger partial charge is 0.336 e. The number of ether oxygens (including phenoxy) is 2. The van der Waals surface area contributed by atoms with Crippen molar-refractivity contribution in [2.75, 3.05) is 0 Å². The number of hydrogen-bond donors (Lipinski definition) is 0. The molecule has 0 fully saturated rings. The molecule has 41 heavy (non-hydrogen) atoms. The van der Waals surface area contributed by atoms with E-state index in [9.17, 15) is 9.59 Å². The van der Waals surface area contributed by atoms with Crippen molar-refractivity contribution in [3.05, 3.63) is 139 Å². The van der Waals surface area contributed by atoms with Gasteiger partial charge in [-0.3, -0.25) is 0 Å². The largest absolute Gasteiger partial charge is 0.420 e. The molecule has 4 aromatic rings. The Balaban J connectivity index is 1.52. The maximum absolute atomic E-state index is 12.4. The van der Waals surface area contributed by atoms with Gasteiger partial charge in [-0.2, -0.15) is 0 Å². The number of benzene rings is 4. The fourth-order valence-corrected chi connectivity index (χ4v) is 5.06. The molecule has 0 aromatic heterocycles. The Kier molecular flexibility index (Phi) is 9.95. The van der Waals surface area contributed by atoms with Crippen molar-refractivity contribution in [3.8, 4) is 11.5 Å². The van der Waals surface area contributed by atoms with Gasteiger partial charge in [-0.1, -0.05) is 121 Å². The second-order valence-corrected chi connectivity index (χ2v) is 11.1. The first-order chi connectivity index (χ1) is 19.5. The molecule has 0 atom stereocenters. The predicted molar refractivity (Wildman–Crippen MR) is 167 cm³/mol. The van der Waals surface area contributed by atoms with Crippen molar-refractivity contribution in [1.29, 1.82) is 0 Å². The van der Waals surface area contributed by atoms with E-state index in [-0.39, 0.29) is 31.6 Å². The number of carbonyl (C=O) groups is 2. The zero-order valence-corrected chi connectivity index (χ0v) is 25.1. The lowest BCUT2D eigenvalue weighted by Gasteiger charge is -2.28. The van der Waals surface area contributed by atoms with Crippen LogP contribution in [0, 0.1) is 0 Å². The van der Waals surface area contributed by atoms with Gasteiger partial charge in [-0.25, -0.2) is 9.59 Å². The molecule has 4 rings (SSSR count). The van der Waals surface area contributed by atoms with E-state index in [4.69, 9.17) is 55.9 Å². The van der Waals surface area contributed by atoms with E-state index in [0.29, 0.717) is 0 Å². The summed E-state index contributed by atoms with van der Waals surface area (Å²) in [6, 6.07) is 25.3. The van der Waals surface area contributed by atoms with Gasteiger partial charge in [0.15, 0.2) is 11.5 Å². The van der Waals surface area contributed by atoms with Gasteiger partial charge in [-0.05, 0) is 58.7 Å². The molecule has 208 valence electrons. The van der Waals surface area contributed by atoms with Crippen molar-refractivity contribution in [2.45, 2.75) is 19.3 Å².